The number of primary sulfonamides is 1. The van der Waals surface area contributed by atoms with Gasteiger partial charge < -0.3 is 10.1 Å². The molecule has 4 N–H and O–H groups in total. The summed E-state index contributed by atoms with van der Waals surface area (Å²) in [5.74, 6) is 1.28. The lowest BCUT2D eigenvalue weighted by Crippen LogP contribution is -2.21. The molecule has 10 nitrogen and oxygen atoms in total. The van der Waals surface area contributed by atoms with Crippen molar-refractivity contribution in [1.29, 1.82) is 0 Å². The molecule has 1 heterocycles. The van der Waals surface area contributed by atoms with Crippen LogP contribution in [0.25, 0.3) is 17.1 Å². The van der Waals surface area contributed by atoms with Crippen LogP contribution in [0, 0.1) is 6.92 Å². The van der Waals surface area contributed by atoms with Crippen LogP contribution >= 0.6 is 0 Å². The second kappa shape index (κ2) is 9.33. The van der Waals surface area contributed by atoms with Gasteiger partial charge >= 0.3 is 6.03 Å². The van der Waals surface area contributed by atoms with Gasteiger partial charge in [-0.05, 0) is 48.9 Å². The van der Waals surface area contributed by atoms with Crippen molar-refractivity contribution >= 4 is 27.7 Å². The van der Waals surface area contributed by atoms with Crippen LogP contribution in [0.2, 0.25) is 0 Å². The number of rotatable bonds is 6. The number of benzene rings is 3. The van der Waals surface area contributed by atoms with Gasteiger partial charge in [0.2, 0.25) is 10.0 Å². The van der Waals surface area contributed by atoms with Gasteiger partial charge in [-0.25, -0.2) is 23.0 Å². The fraction of sp³-hybridized carbons (Fsp3) is 0.0870. The van der Waals surface area contributed by atoms with Crippen molar-refractivity contribution in [2.24, 2.45) is 5.14 Å². The van der Waals surface area contributed by atoms with Crippen LogP contribution in [0.15, 0.2) is 77.7 Å². The lowest BCUT2D eigenvalue weighted by Gasteiger charge is -2.08. The van der Waals surface area contributed by atoms with E-state index in [1.807, 2.05) is 42.5 Å². The highest BCUT2D eigenvalue weighted by molar-refractivity contribution is 7.89. The molecular formula is C23H22N6O4S. The number of anilines is 2. The van der Waals surface area contributed by atoms with E-state index < -0.39 is 16.1 Å². The molecule has 0 saturated carbocycles. The van der Waals surface area contributed by atoms with E-state index in [2.05, 4.69) is 20.7 Å². The third-order valence-electron chi connectivity index (χ3n) is 4.93. The number of carbonyl (C=O) groups is 1. The summed E-state index contributed by atoms with van der Waals surface area (Å²) in [6.07, 6.45) is 0. The number of sulfonamides is 1. The number of amides is 2. The van der Waals surface area contributed by atoms with E-state index in [1.165, 1.54) is 6.07 Å². The van der Waals surface area contributed by atoms with Crippen LogP contribution in [0.4, 0.5) is 16.4 Å². The maximum absolute atomic E-state index is 12.6. The molecule has 1 aromatic heterocycles. The minimum Gasteiger partial charge on any atom is -0.497 e. The third-order valence-corrected chi connectivity index (χ3v) is 5.99. The molecular weight excluding hydrogens is 456 g/mol. The van der Waals surface area contributed by atoms with E-state index in [1.54, 1.807) is 43.0 Å². The molecule has 0 unspecified atom stereocenters. The Morgan fingerprint density at radius 3 is 2.35 bits per heavy atom. The average Bonchev–Trinajstić information content (AvgIpc) is 3.23. The molecule has 0 aliphatic rings. The van der Waals surface area contributed by atoms with E-state index in [0.717, 1.165) is 11.3 Å². The molecule has 0 aliphatic carbocycles. The van der Waals surface area contributed by atoms with Crippen molar-refractivity contribution in [2.45, 2.75) is 11.8 Å². The molecule has 3 aromatic carbocycles. The number of nitrogens with zero attached hydrogens (tertiary/aromatic N) is 3. The lowest BCUT2D eigenvalue weighted by molar-refractivity contribution is 0.262. The first-order valence-electron chi connectivity index (χ1n) is 10.1. The Kier molecular flexibility index (Phi) is 6.30. The molecule has 0 aliphatic heterocycles. The van der Waals surface area contributed by atoms with Crippen LogP contribution in [0.1, 0.15) is 5.56 Å². The summed E-state index contributed by atoms with van der Waals surface area (Å²) in [7, 11) is -2.34. The van der Waals surface area contributed by atoms with Crippen LogP contribution in [-0.2, 0) is 10.0 Å². The van der Waals surface area contributed by atoms with Crippen LogP contribution in [0.5, 0.6) is 5.75 Å². The number of aryl methyl sites for hydroxylation is 1. The molecule has 4 aromatic rings. The Morgan fingerprint density at radius 2 is 1.71 bits per heavy atom. The number of nitrogens with one attached hydrogen (secondary N) is 2. The number of aromatic nitrogens is 3. The lowest BCUT2D eigenvalue weighted by atomic mass is 10.2. The first-order chi connectivity index (χ1) is 16.2. The molecule has 174 valence electrons. The standard InChI is InChI=1S/C23H22N6O4S/c1-15-8-9-17(14-20(15)34(24,31)32)25-23(30)27-22-26-21(16-6-4-3-5-7-16)29(28-22)18-10-12-19(33-2)13-11-18/h3-14H,1-2H3,(H2,24,31,32)(H2,25,27,28,30). The van der Waals surface area contributed by atoms with Crippen molar-refractivity contribution in [3.63, 3.8) is 0 Å². The zero-order valence-corrected chi connectivity index (χ0v) is 19.2. The summed E-state index contributed by atoms with van der Waals surface area (Å²) in [4.78, 5) is 17.0. The van der Waals surface area contributed by atoms with Gasteiger partial charge in [-0.3, -0.25) is 5.32 Å². The molecule has 2 amide bonds. The number of urea groups is 1. The Bertz CT molecular complexity index is 1430. The van der Waals surface area contributed by atoms with Crippen LogP contribution in [0.3, 0.4) is 0 Å². The first-order valence-corrected chi connectivity index (χ1v) is 11.7. The van der Waals surface area contributed by atoms with Gasteiger partial charge in [0.15, 0.2) is 5.82 Å². The summed E-state index contributed by atoms with van der Waals surface area (Å²) in [5.41, 5.74) is 2.25. The number of ether oxygens (including phenoxy) is 1. The minimum atomic E-state index is -3.93. The topological polar surface area (TPSA) is 141 Å². The van der Waals surface area contributed by atoms with E-state index in [-0.39, 0.29) is 16.5 Å². The predicted octanol–water partition coefficient (Wildman–Crippen LogP) is 3.54. The van der Waals surface area contributed by atoms with Crippen molar-refractivity contribution in [3.05, 3.63) is 78.4 Å². The number of methoxy groups -OCH3 is 1. The highest BCUT2D eigenvalue weighted by Gasteiger charge is 2.17. The van der Waals surface area contributed by atoms with Crippen LogP contribution < -0.4 is 20.5 Å². The van der Waals surface area contributed by atoms with E-state index in [9.17, 15) is 13.2 Å². The summed E-state index contributed by atoms with van der Waals surface area (Å²) >= 11 is 0. The summed E-state index contributed by atoms with van der Waals surface area (Å²) in [5, 5.41) is 14.8. The fourth-order valence-electron chi connectivity index (χ4n) is 3.29. The van der Waals surface area contributed by atoms with Gasteiger partial charge in [-0.1, -0.05) is 36.4 Å². The number of hydrogen-bond acceptors (Lipinski definition) is 6. The maximum atomic E-state index is 12.6. The van der Waals surface area contributed by atoms with Gasteiger partial charge in [0, 0.05) is 11.3 Å². The molecule has 0 fully saturated rings. The van der Waals surface area contributed by atoms with E-state index in [0.29, 0.717) is 17.1 Å². The van der Waals surface area contributed by atoms with E-state index in [4.69, 9.17) is 9.88 Å². The first kappa shape index (κ1) is 23.0. The van der Waals surface area contributed by atoms with Crippen molar-refractivity contribution in [2.75, 3.05) is 17.7 Å². The van der Waals surface area contributed by atoms with Crippen molar-refractivity contribution in [3.8, 4) is 22.8 Å². The average molecular weight is 479 g/mol. The fourth-order valence-corrected chi connectivity index (χ4v) is 4.10. The molecule has 0 saturated heterocycles. The molecule has 0 bridgehead atoms. The largest absolute Gasteiger partial charge is 0.497 e. The molecule has 0 radical (unpaired) electrons. The Hall–Kier alpha value is -4.22. The number of hydrogen-bond donors (Lipinski definition) is 3. The van der Waals surface area contributed by atoms with Gasteiger partial charge in [-0.15, -0.1) is 5.10 Å². The van der Waals surface area contributed by atoms with Gasteiger partial charge in [-0.2, -0.15) is 4.98 Å². The van der Waals surface area contributed by atoms with E-state index >= 15 is 0 Å². The SMILES string of the molecule is COc1ccc(-n2nc(NC(=O)Nc3ccc(C)c(S(N)(=O)=O)c3)nc2-c2ccccc2)cc1. The summed E-state index contributed by atoms with van der Waals surface area (Å²) in [6.45, 7) is 1.62. The second-order valence-electron chi connectivity index (χ2n) is 7.34. The van der Waals surface area contributed by atoms with Crippen molar-refractivity contribution in [1.82, 2.24) is 14.8 Å². The highest BCUT2D eigenvalue weighted by Crippen LogP contribution is 2.24. The molecule has 11 heteroatoms. The van der Waals surface area contributed by atoms with Gasteiger partial charge in [0.05, 0.1) is 17.7 Å². The zero-order chi connectivity index (χ0) is 24.3. The van der Waals surface area contributed by atoms with Gasteiger partial charge in [0.1, 0.15) is 5.75 Å². The molecule has 34 heavy (non-hydrogen) atoms. The third kappa shape index (κ3) is 5.05. The second-order valence-corrected chi connectivity index (χ2v) is 8.87. The highest BCUT2D eigenvalue weighted by atomic mass is 32.2. The monoisotopic (exact) mass is 478 g/mol. The zero-order valence-electron chi connectivity index (χ0n) is 18.4. The maximum Gasteiger partial charge on any atom is 0.326 e. The summed E-state index contributed by atoms with van der Waals surface area (Å²) < 4.78 is 30.3. The Morgan fingerprint density at radius 1 is 1.00 bits per heavy atom. The Balaban J connectivity index is 1.62. The minimum absolute atomic E-state index is 0.0611. The smallest absolute Gasteiger partial charge is 0.326 e. The van der Waals surface area contributed by atoms with Gasteiger partial charge in [0.25, 0.3) is 5.95 Å². The number of carbonyl (C=O) groups excluding carboxylic acids is 1. The molecule has 0 spiro atoms. The number of nitrogens with two attached hydrogens (primary N) is 1. The molecule has 4 rings (SSSR count). The molecule has 0 atom stereocenters. The summed E-state index contributed by atoms with van der Waals surface area (Å²) in [6, 6.07) is 20.4. The Labute approximate surface area is 196 Å². The van der Waals surface area contributed by atoms with Crippen molar-refractivity contribution < 1.29 is 17.9 Å². The van der Waals surface area contributed by atoms with Crippen LogP contribution in [-0.4, -0.2) is 36.3 Å². The quantitative estimate of drug-likeness (QED) is 0.387. The normalized spacial score (nSPS) is 11.1. The predicted molar refractivity (Wildman–Crippen MR) is 129 cm³/mol.